The van der Waals surface area contributed by atoms with Gasteiger partial charge in [0, 0.05) is 5.69 Å². The first-order valence-electron chi connectivity index (χ1n) is 9.68. The highest BCUT2D eigenvalue weighted by molar-refractivity contribution is 5.92. The second-order valence-corrected chi connectivity index (χ2v) is 6.78. The molecule has 1 aliphatic rings. The van der Waals surface area contributed by atoms with E-state index >= 15 is 0 Å². The van der Waals surface area contributed by atoms with Gasteiger partial charge in [0.05, 0.1) is 19.1 Å². The summed E-state index contributed by atoms with van der Waals surface area (Å²) in [5.74, 6) is 0.290. The van der Waals surface area contributed by atoms with Gasteiger partial charge in [-0.25, -0.2) is 9.07 Å². The minimum atomic E-state index is -0.394. The molecule has 4 rings (SSSR count). The fourth-order valence-electron chi connectivity index (χ4n) is 3.26. The van der Waals surface area contributed by atoms with Crippen molar-refractivity contribution in [3.8, 4) is 11.5 Å². The van der Waals surface area contributed by atoms with Gasteiger partial charge >= 0.3 is 0 Å². The lowest BCUT2D eigenvalue weighted by Crippen LogP contribution is -2.29. The van der Waals surface area contributed by atoms with E-state index in [-0.39, 0.29) is 30.8 Å². The molecule has 1 atom stereocenters. The Balaban J connectivity index is 1.48. The van der Waals surface area contributed by atoms with Crippen LogP contribution < -0.4 is 20.1 Å². The predicted octanol–water partition coefficient (Wildman–Crippen LogP) is 2.77. The first kappa shape index (κ1) is 20.3. The first-order valence-corrected chi connectivity index (χ1v) is 9.68. The van der Waals surface area contributed by atoms with Crippen molar-refractivity contribution in [2.24, 2.45) is 0 Å². The maximum atomic E-state index is 13.0. The molecule has 1 aliphatic heterocycles. The number of amides is 2. The van der Waals surface area contributed by atoms with Crippen LogP contribution in [0.5, 0.6) is 11.5 Å². The fraction of sp³-hybridized carbons (Fsp3) is 0.238. The van der Waals surface area contributed by atoms with Crippen molar-refractivity contribution in [2.75, 3.05) is 23.8 Å². The van der Waals surface area contributed by atoms with Crippen molar-refractivity contribution in [1.82, 2.24) is 14.8 Å². The van der Waals surface area contributed by atoms with Crippen LogP contribution in [0.4, 0.5) is 16.0 Å². The van der Waals surface area contributed by atoms with E-state index in [9.17, 15) is 14.0 Å². The zero-order chi connectivity index (χ0) is 21.8. The molecule has 31 heavy (non-hydrogen) atoms. The van der Waals surface area contributed by atoms with Crippen LogP contribution in [0, 0.1) is 5.82 Å². The van der Waals surface area contributed by atoms with E-state index in [0.717, 1.165) is 5.56 Å². The molecular formula is C21H20FN5O4. The summed E-state index contributed by atoms with van der Waals surface area (Å²) in [6.45, 7) is 1.97. The van der Waals surface area contributed by atoms with Gasteiger partial charge in [-0.05, 0) is 48.9 Å². The average Bonchev–Trinajstić information content (AvgIpc) is 3.22. The fourth-order valence-corrected chi connectivity index (χ4v) is 3.26. The van der Waals surface area contributed by atoms with Gasteiger partial charge in [0.15, 0.2) is 18.1 Å². The lowest BCUT2D eigenvalue weighted by atomic mass is 10.0. The molecule has 160 valence electrons. The number of nitrogens with zero attached hydrogens (tertiary/aromatic N) is 3. The summed E-state index contributed by atoms with van der Waals surface area (Å²) in [6.07, 6.45) is 1.59. The third kappa shape index (κ3) is 4.63. The Morgan fingerprint density at radius 1 is 1.23 bits per heavy atom. The molecule has 2 N–H and O–H groups in total. The third-order valence-corrected chi connectivity index (χ3v) is 4.64. The number of carbonyl (C=O) groups is 2. The summed E-state index contributed by atoms with van der Waals surface area (Å²) >= 11 is 0. The van der Waals surface area contributed by atoms with Gasteiger partial charge in [-0.3, -0.25) is 14.9 Å². The van der Waals surface area contributed by atoms with Crippen molar-refractivity contribution in [1.29, 1.82) is 0 Å². The topological polar surface area (TPSA) is 107 Å². The lowest BCUT2D eigenvalue weighted by Gasteiger charge is -2.24. The van der Waals surface area contributed by atoms with E-state index in [1.165, 1.54) is 30.6 Å². The number of halogens is 1. The van der Waals surface area contributed by atoms with E-state index in [1.807, 2.05) is 6.92 Å². The predicted molar refractivity (Wildman–Crippen MR) is 110 cm³/mol. The second kappa shape index (κ2) is 8.82. The second-order valence-electron chi connectivity index (χ2n) is 6.78. The van der Waals surface area contributed by atoms with Crippen molar-refractivity contribution in [3.63, 3.8) is 0 Å². The average molecular weight is 425 g/mol. The molecule has 1 aromatic heterocycles. The number of rotatable bonds is 7. The quantitative estimate of drug-likeness (QED) is 0.603. The van der Waals surface area contributed by atoms with Gasteiger partial charge < -0.3 is 14.8 Å². The smallest absolute Gasteiger partial charge is 0.262 e. The molecule has 0 unspecified atom stereocenters. The maximum Gasteiger partial charge on any atom is 0.262 e. The Kier molecular flexibility index (Phi) is 5.78. The van der Waals surface area contributed by atoms with Crippen LogP contribution in [-0.2, 0) is 9.59 Å². The van der Waals surface area contributed by atoms with Crippen molar-refractivity contribution < 1.29 is 23.5 Å². The molecular weight excluding hydrogens is 405 g/mol. The van der Waals surface area contributed by atoms with Gasteiger partial charge in [-0.2, -0.15) is 10.1 Å². The number of benzene rings is 2. The number of nitrogens with one attached hydrogen (secondary N) is 2. The number of aromatic nitrogens is 3. The molecule has 0 aliphatic carbocycles. The minimum absolute atomic E-state index is 0.152. The van der Waals surface area contributed by atoms with Crippen LogP contribution in [0.1, 0.15) is 24.9 Å². The number of fused-ring (bicyclic) bond motifs is 1. The van der Waals surface area contributed by atoms with Crippen LogP contribution in [0.15, 0.2) is 48.8 Å². The zero-order valence-electron chi connectivity index (χ0n) is 16.7. The SMILES string of the molecule is CCOc1cc([C@@H]2CC(=O)Nc3ncnn32)ccc1OCC(=O)Nc1ccc(F)cc1. The molecule has 3 aromatic rings. The minimum Gasteiger partial charge on any atom is -0.490 e. The summed E-state index contributed by atoms with van der Waals surface area (Å²) in [7, 11) is 0. The molecule has 0 spiro atoms. The Bertz CT molecular complexity index is 1100. The summed E-state index contributed by atoms with van der Waals surface area (Å²) in [5.41, 5.74) is 1.27. The van der Waals surface area contributed by atoms with Crippen molar-refractivity contribution in [3.05, 3.63) is 60.2 Å². The molecule has 2 heterocycles. The number of ether oxygens (including phenoxy) is 2. The number of anilines is 2. The maximum absolute atomic E-state index is 13.0. The van der Waals surface area contributed by atoms with Gasteiger partial charge in [0.1, 0.15) is 12.1 Å². The molecule has 0 saturated carbocycles. The molecule has 0 saturated heterocycles. The highest BCUT2D eigenvalue weighted by atomic mass is 19.1. The molecule has 0 bridgehead atoms. The molecule has 2 aromatic carbocycles. The molecule has 0 fully saturated rings. The summed E-state index contributed by atoms with van der Waals surface area (Å²) < 4.78 is 25.9. The van der Waals surface area contributed by atoms with Gasteiger partial charge in [0.2, 0.25) is 11.9 Å². The van der Waals surface area contributed by atoms with Crippen molar-refractivity contribution in [2.45, 2.75) is 19.4 Å². The molecule has 0 radical (unpaired) electrons. The Morgan fingerprint density at radius 2 is 2.03 bits per heavy atom. The number of hydrogen-bond donors (Lipinski definition) is 2. The normalized spacial score (nSPS) is 15.0. The zero-order valence-corrected chi connectivity index (χ0v) is 16.7. The van der Waals surface area contributed by atoms with E-state index < -0.39 is 5.91 Å². The molecule has 9 nitrogen and oxygen atoms in total. The summed E-state index contributed by atoms with van der Waals surface area (Å²) in [4.78, 5) is 28.2. The Morgan fingerprint density at radius 3 is 2.81 bits per heavy atom. The third-order valence-electron chi connectivity index (χ3n) is 4.64. The highest BCUT2D eigenvalue weighted by Gasteiger charge is 2.28. The Labute approximate surface area is 177 Å². The van der Waals surface area contributed by atoms with E-state index in [1.54, 1.807) is 22.9 Å². The van der Waals surface area contributed by atoms with Gasteiger partial charge in [-0.15, -0.1) is 0 Å². The largest absolute Gasteiger partial charge is 0.490 e. The number of hydrogen-bond acceptors (Lipinski definition) is 6. The van der Waals surface area contributed by atoms with Gasteiger partial charge in [-0.1, -0.05) is 6.07 Å². The van der Waals surface area contributed by atoms with E-state index in [4.69, 9.17) is 9.47 Å². The van der Waals surface area contributed by atoms with Crippen molar-refractivity contribution >= 4 is 23.5 Å². The monoisotopic (exact) mass is 425 g/mol. The van der Waals surface area contributed by atoms with Crippen LogP contribution in [0.3, 0.4) is 0 Å². The molecule has 2 amide bonds. The standard InChI is InChI=1S/C21H20FN5O4/c1-2-30-18-9-13(16-10-19(28)26-21-23-12-24-27(16)21)3-8-17(18)31-11-20(29)25-15-6-4-14(22)5-7-15/h3-9,12,16H,2,10-11H2,1H3,(H,25,29)(H,23,24,26,28)/t16-/m0/s1. The van der Waals surface area contributed by atoms with E-state index in [2.05, 4.69) is 20.7 Å². The highest BCUT2D eigenvalue weighted by Crippen LogP contribution is 2.35. The van der Waals surface area contributed by atoms with Crippen LogP contribution in [-0.4, -0.2) is 39.8 Å². The van der Waals surface area contributed by atoms with Crippen LogP contribution >= 0.6 is 0 Å². The van der Waals surface area contributed by atoms with Crippen LogP contribution in [0.25, 0.3) is 0 Å². The summed E-state index contributed by atoms with van der Waals surface area (Å²) in [6, 6.07) is 10.4. The Hall–Kier alpha value is -3.95. The first-order chi connectivity index (χ1) is 15.0. The number of carbonyl (C=O) groups excluding carboxylic acids is 2. The van der Waals surface area contributed by atoms with Gasteiger partial charge in [0.25, 0.3) is 5.91 Å². The van der Waals surface area contributed by atoms with Crippen LogP contribution in [0.2, 0.25) is 0 Å². The van der Waals surface area contributed by atoms with E-state index in [0.29, 0.717) is 29.7 Å². The summed E-state index contributed by atoms with van der Waals surface area (Å²) in [5, 5.41) is 9.50. The molecule has 10 heteroatoms. The lowest BCUT2D eigenvalue weighted by molar-refractivity contribution is -0.118.